The number of piperidine rings is 1. The molecule has 1 saturated heterocycles. The normalized spacial score (nSPS) is 17.0. The second kappa shape index (κ2) is 8.37. The highest BCUT2D eigenvalue weighted by Crippen LogP contribution is 2.24. The molecule has 136 valence electrons. The molecule has 4 nitrogen and oxygen atoms in total. The van der Waals surface area contributed by atoms with Crippen LogP contribution in [0.4, 0.5) is 5.69 Å². The van der Waals surface area contributed by atoms with Crippen LogP contribution in [0.1, 0.15) is 42.1 Å². The van der Waals surface area contributed by atoms with Crippen LogP contribution in [0.2, 0.25) is 5.02 Å². The second-order valence-corrected chi connectivity index (χ2v) is 7.11. The molecule has 1 atom stereocenters. The zero-order chi connectivity index (χ0) is 18.5. The van der Waals surface area contributed by atoms with E-state index >= 15 is 0 Å². The lowest BCUT2D eigenvalue weighted by atomic mass is 10.0. The molecule has 0 aromatic heterocycles. The molecule has 1 N–H and O–H groups in total. The maximum Gasteiger partial charge on any atom is 0.242 e. The van der Waals surface area contributed by atoms with E-state index in [4.69, 9.17) is 11.6 Å². The van der Waals surface area contributed by atoms with Crippen LogP contribution in [0.15, 0.2) is 48.5 Å². The van der Waals surface area contributed by atoms with Crippen molar-refractivity contribution in [3.8, 4) is 0 Å². The number of carbonyl (C=O) groups is 2. The lowest BCUT2D eigenvalue weighted by molar-refractivity contribution is -0.132. The Hall–Kier alpha value is -2.33. The smallest absolute Gasteiger partial charge is 0.242 e. The monoisotopic (exact) mass is 370 g/mol. The molecule has 26 heavy (non-hydrogen) atoms. The van der Waals surface area contributed by atoms with Crippen LogP contribution in [-0.2, 0) is 4.79 Å². The van der Waals surface area contributed by atoms with Crippen LogP contribution in [0.25, 0.3) is 0 Å². The number of halogens is 1. The first-order valence-electron chi connectivity index (χ1n) is 8.99. The molecule has 1 unspecified atom stereocenters. The number of amides is 1. The molecule has 3 rings (SSSR count). The number of ketones is 1. The lowest BCUT2D eigenvalue weighted by Gasteiger charge is -2.33. The average Bonchev–Trinajstić information content (AvgIpc) is 2.67. The summed E-state index contributed by atoms with van der Waals surface area (Å²) in [5, 5.41) is 3.63. The molecule has 0 spiro atoms. The van der Waals surface area contributed by atoms with E-state index in [1.165, 1.54) is 6.42 Å². The Labute approximate surface area is 159 Å². The Morgan fingerprint density at radius 2 is 1.92 bits per heavy atom. The molecular weight excluding hydrogens is 348 g/mol. The van der Waals surface area contributed by atoms with Gasteiger partial charge in [0, 0.05) is 34.4 Å². The summed E-state index contributed by atoms with van der Waals surface area (Å²) in [4.78, 5) is 27.3. The molecule has 0 radical (unpaired) electrons. The molecular formula is C21H23ClN2O2. The number of benzene rings is 2. The fourth-order valence-electron chi connectivity index (χ4n) is 3.34. The lowest BCUT2D eigenvalue weighted by Crippen LogP contribution is -2.44. The van der Waals surface area contributed by atoms with Gasteiger partial charge in [-0.05, 0) is 44.4 Å². The predicted molar refractivity (Wildman–Crippen MR) is 105 cm³/mol. The van der Waals surface area contributed by atoms with Crippen molar-refractivity contribution in [2.75, 3.05) is 18.4 Å². The van der Waals surface area contributed by atoms with Gasteiger partial charge < -0.3 is 10.2 Å². The molecule has 1 heterocycles. The third-order valence-corrected chi connectivity index (χ3v) is 5.05. The quantitative estimate of drug-likeness (QED) is 0.794. The zero-order valence-corrected chi connectivity index (χ0v) is 15.6. The van der Waals surface area contributed by atoms with Crippen molar-refractivity contribution in [3.63, 3.8) is 0 Å². The van der Waals surface area contributed by atoms with E-state index in [0.717, 1.165) is 19.4 Å². The maximum absolute atomic E-state index is 12.8. The fraction of sp³-hybridized carbons (Fsp3) is 0.333. The van der Waals surface area contributed by atoms with Crippen molar-refractivity contribution in [3.05, 3.63) is 64.7 Å². The summed E-state index contributed by atoms with van der Waals surface area (Å²) >= 11 is 6.10. The van der Waals surface area contributed by atoms with E-state index in [0.29, 0.717) is 21.8 Å². The first-order valence-corrected chi connectivity index (χ1v) is 9.36. The first kappa shape index (κ1) is 18.5. The summed E-state index contributed by atoms with van der Waals surface area (Å²) in [6.45, 7) is 3.06. The van der Waals surface area contributed by atoms with E-state index in [1.807, 2.05) is 23.1 Å². The summed E-state index contributed by atoms with van der Waals surface area (Å²) in [6, 6.07) is 14.5. The van der Waals surface area contributed by atoms with Gasteiger partial charge in [-0.3, -0.25) is 9.59 Å². The van der Waals surface area contributed by atoms with E-state index < -0.39 is 0 Å². The number of nitrogens with one attached hydrogen (secondary N) is 1. The maximum atomic E-state index is 12.8. The highest BCUT2D eigenvalue weighted by Gasteiger charge is 2.23. The minimum absolute atomic E-state index is 0.0604. The number of anilines is 1. The van der Waals surface area contributed by atoms with Crippen molar-refractivity contribution in [2.24, 2.45) is 0 Å². The van der Waals surface area contributed by atoms with Crippen LogP contribution >= 0.6 is 11.6 Å². The zero-order valence-electron chi connectivity index (χ0n) is 14.9. The van der Waals surface area contributed by atoms with Crippen molar-refractivity contribution in [1.29, 1.82) is 0 Å². The first-order chi connectivity index (χ1) is 12.6. The van der Waals surface area contributed by atoms with E-state index in [2.05, 4.69) is 12.2 Å². The van der Waals surface area contributed by atoms with Crippen LogP contribution in [0, 0.1) is 0 Å². The van der Waals surface area contributed by atoms with Gasteiger partial charge in [-0.1, -0.05) is 41.9 Å². The number of nitrogens with zero attached hydrogens (tertiary/aromatic N) is 1. The Balaban J connectivity index is 1.76. The van der Waals surface area contributed by atoms with Gasteiger partial charge in [0.1, 0.15) is 0 Å². The van der Waals surface area contributed by atoms with Crippen LogP contribution in [0.3, 0.4) is 0 Å². The summed E-state index contributed by atoms with van der Waals surface area (Å²) in [5.74, 6) is -0.0559. The summed E-state index contributed by atoms with van der Waals surface area (Å²) in [6.07, 6.45) is 3.27. The van der Waals surface area contributed by atoms with Gasteiger partial charge in [-0.25, -0.2) is 0 Å². The number of hydrogen-bond donors (Lipinski definition) is 1. The molecule has 1 amide bonds. The molecule has 0 bridgehead atoms. The second-order valence-electron chi connectivity index (χ2n) is 6.67. The number of likely N-dealkylation sites (tertiary alicyclic amines) is 1. The standard InChI is InChI=1S/C21H23ClN2O2/c1-15-7-5-6-12-24(15)20(25)14-23-19-11-10-17(22)13-18(19)21(26)16-8-3-2-4-9-16/h2-4,8-11,13,15,23H,5-7,12,14H2,1H3. The molecule has 2 aromatic carbocycles. The highest BCUT2D eigenvalue weighted by atomic mass is 35.5. The minimum Gasteiger partial charge on any atom is -0.376 e. The molecule has 1 fully saturated rings. The van der Waals surface area contributed by atoms with Crippen LogP contribution in [-0.4, -0.2) is 35.7 Å². The highest BCUT2D eigenvalue weighted by molar-refractivity contribution is 6.31. The van der Waals surface area contributed by atoms with Crippen LogP contribution in [0.5, 0.6) is 0 Å². The Morgan fingerprint density at radius 1 is 1.15 bits per heavy atom. The predicted octanol–water partition coefficient (Wildman–Crippen LogP) is 4.38. The van der Waals surface area contributed by atoms with Gasteiger partial charge in [-0.15, -0.1) is 0 Å². The number of hydrogen-bond acceptors (Lipinski definition) is 3. The van der Waals surface area contributed by atoms with Gasteiger partial charge in [0.15, 0.2) is 5.78 Å². The molecule has 2 aromatic rings. The van der Waals surface area contributed by atoms with Gasteiger partial charge in [-0.2, -0.15) is 0 Å². The van der Waals surface area contributed by atoms with Gasteiger partial charge in [0.2, 0.25) is 5.91 Å². The van der Waals surface area contributed by atoms with Crippen molar-refractivity contribution in [1.82, 2.24) is 4.90 Å². The van der Waals surface area contributed by atoms with Gasteiger partial charge in [0.05, 0.1) is 6.54 Å². The van der Waals surface area contributed by atoms with Crippen molar-refractivity contribution < 1.29 is 9.59 Å². The minimum atomic E-state index is -0.116. The van der Waals surface area contributed by atoms with E-state index in [9.17, 15) is 9.59 Å². The van der Waals surface area contributed by atoms with Crippen molar-refractivity contribution in [2.45, 2.75) is 32.2 Å². The fourth-order valence-corrected chi connectivity index (χ4v) is 3.52. The molecule has 0 aliphatic carbocycles. The van der Waals surface area contributed by atoms with Crippen LogP contribution < -0.4 is 5.32 Å². The Bertz CT molecular complexity index is 792. The summed E-state index contributed by atoms with van der Waals surface area (Å²) in [5.41, 5.74) is 1.69. The van der Waals surface area contributed by atoms with Gasteiger partial charge >= 0.3 is 0 Å². The number of rotatable bonds is 5. The van der Waals surface area contributed by atoms with Gasteiger partial charge in [0.25, 0.3) is 0 Å². The average molecular weight is 371 g/mol. The third kappa shape index (κ3) is 4.25. The largest absolute Gasteiger partial charge is 0.376 e. The Morgan fingerprint density at radius 3 is 2.65 bits per heavy atom. The SMILES string of the molecule is CC1CCCCN1C(=O)CNc1ccc(Cl)cc1C(=O)c1ccccc1. The van der Waals surface area contributed by atoms with Crippen molar-refractivity contribution >= 4 is 29.0 Å². The molecule has 1 aliphatic rings. The topological polar surface area (TPSA) is 49.4 Å². The Kier molecular flexibility index (Phi) is 5.94. The van der Waals surface area contributed by atoms with E-state index in [-0.39, 0.29) is 24.3 Å². The molecule has 5 heteroatoms. The molecule has 0 saturated carbocycles. The number of carbonyl (C=O) groups excluding carboxylic acids is 2. The van der Waals surface area contributed by atoms with E-state index in [1.54, 1.807) is 30.3 Å². The summed E-state index contributed by atoms with van der Waals surface area (Å²) in [7, 11) is 0. The summed E-state index contributed by atoms with van der Waals surface area (Å²) < 4.78 is 0. The third-order valence-electron chi connectivity index (χ3n) is 4.82. The molecule has 1 aliphatic heterocycles.